The third kappa shape index (κ3) is 5.66. The van der Waals surface area contributed by atoms with Crippen molar-refractivity contribution in [2.24, 2.45) is 0 Å². The fourth-order valence-corrected chi connectivity index (χ4v) is 2.31. The van der Waals surface area contributed by atoms with Crippen molar-refractivity contribution in [3.8, 4) is 0 Å². The van der Waals surface area contributed by atoms with Crippen LogP contribution in [0.1, 0.15) is 25.8 Å². The van der Waals surface area contributed by atoms with E-state index in [1.165, 1.54) is 10.5 Å². The van der Waals surface area contributed by atoms with Gasteiger partial charge in [0, 0.05) is 37.5 Å². The van der Waals surface area contributed by atoms with Gasteiger partial charge in [-0.2, -0.15) is 0 Å². The van der Waals surface area contributed by atoms with E-state index in [1.54, 1.807) is 11.8 Å². The second-order valence-electron chi connectivity index (χ2n) is 4.34. The van der Waals surface area contributed by atoms with Crippen molar-refractivity contribution in [2.75, 3.05) is 25.9 Å². The largest absolute Gasteiger partial charge is 0.343 e. The number of nitrogens with one attached hydrogen (secondary N) is 1. The van der Waals surface area contributed by atoms with E-state index in [-0.39, 0.29) is 5.91 Å². The highest BCUT2D eigenvalue weighted by Crippen LogP contribution is 2.14. The van der Waals surface area contributed by atoms with Gasteiger partial charge in [-0.1, -0.05) is 12.1 Å². The summed E-state index contributed by atoms with van der Waals surface area (Å²) >= 11 is 1.75. The predicted molar refractivity (Wildman–Crippen MR) is 82.5 cm³/mol. The summed E-state index contributed by atoms with van der Waals surface area (Å²) in [5.74, 6) is 0.232. The molecule has 0 unspecified atom stereocenters. The van der Waals surface area contributed by atoms with Gasteiger partial charge in [0.15, 0.2) is 0 Å². The molecule has 0 aliphatic carbocycles. The van der Waals surface area contributed by atoms with Crippen molar-refractivity contribution in [2.45, 2.75) is 31.7 Å². The number of nitrogens with zero attached hydrogens (tertiary/aromatic N) is 1. The summed E-state index contributed by atoms with van der Waals surface area (Å²) < 4.78 is 0. The molecular formula is C15H24N2OS. The Balaban J connectivity index is 2.24. The Morgan fingerprint density at radius 1 is 1.21 bits per heavy atom. The molecule has 0 atom stereocenters. The molecule has 1 N–H and O–H groups in total. The second-order valence-corrected chi connectivity index (χ2v) is 5.22. The molecule has 0 aromatic heterocycles. The molecule has 3 nitrogen and oxygen atoms in total. The molecule has 0 saturated carbocycles. The van der Waals surface area contributed by atoms with E-state index in [0.29, 0.717) is 6.42 Å². The smallest absolute Gasteiger partial charge is 0.223 e. The number of hydrogen-bond donors (Lipinski definition) is 1. The van der Waals surface area contributed by atoms with Crippen molar-refractivity contribution in [1.82, 2.24) is 10.2 Å². The van der Waals surface area contributed by atoms with Crippen molar-refractivity contribution in [1.29, 1.82) is 0 Å². The zero-order valence-corrected chi connectivity index (χ0v) is 12.9. The summed E-state index contributed by atoms with van der Waals surface area (Å²) in [5.41, 5.74) is 1.26. The molecule has 0 spiro atoms. The van der Waals surface area contributed by atoms with Gasteiger partial charge in [-0.15, -0.1) is 11.8 Å². The Bertz CT molecular complexity index is 374. The number of thioether (sulfide) groups is 1. The van der Waals surface area contributed by atoms with Gasteiger partial charge in [-0.25, -0.2) is 0 Å². The molecule has 1 rings (SSSR count). The maximum Gasteiger partial charge on any atom is 0.223 e. The zero-order chi connectivity index (χ0) is 14.1. The number of hydrogen-bond acceptors (Lipinski definition) is 3. The van der Waals surface area contributed by atoms with Crippen LogP contribution in [0.4, 0.5) is 0 Å². The van der Waals surface area contributed by atoms with Crippen LogP contribution in [-0.4, -0.2) is 36.7 Å². The Hall–Kier alpha value is -1.00. The third-order valence-electron chi connectivity index (χ3n) is 3.12. The molecule has 1 aromatic carbocycles. The summed E-state index contributed by atoms with van der Waals surface area (Å²) in [4.78, 5) is 14.9. The van der Waals surface area contributed by atoms with E-state index in [0.717, 1.165) is 26.2 Å². The van der Waals surface area contributed by atoms with Crippen LogP contribution in [0.3, 0.4) is 0 Å². The van der Waals surface area contributed by atoms with E-state index >= 15 is 0 Å². The first-order chi connectivity index (χ1) is 9.21. The topological polar surface area (TPSA) is 32.3 Å². The number of carbonyl (C=O) groups is 1. The Kier molecular flexibility index (Phi) is 7.60. The Morgan fingerprint density at radius 2 is 1.84 bits per heavy atom. The van der Waals surface area contributed by atoms with Crippen molar-refractivity contribution >= 4 is 17.7 Å². The highest BCUT2D eigenvalue weighted by atomic mass is 32.2. The van der Waals surface area contributed by atoms with E-state index in [2.05, 4.69) is 35.8 Å². The quantitative estimate of drug-likeness (QED) is 0.587. The van der Waals surface area contributed by atoms with Crippen molar-refractivity contribution < 1.29 is 4.79 Å². The van der Waals surface area contributed by atoms with Gasteiger partial charge < -0.3 is 10.2 Å². The van der Waals surface area contributed by atoms with Gasteiger partial charge in [0.2, 0.25) is 5.91 Å². The average Bonchev–Trinajstić information content (AvgIpc) is 2.45. The second kappa shape index (κ2) is 8.99. The van der Waals surface area contributed by atoms with E-state index < -0.39 is 0 Å². The van der Waals surface area contributed by atoms with Gasteiger partial charge in [0.25, 0.3) is 0 Å². The van der Waals surface area contributed by atoms with Crippen LogP contribution in [0.5, 0.6) is 0 Å². The minimum absolute atomic E-state index is 0.232. The lowest BCUT2D eigenvalue weighted by Gasteiger charge is -2.18. The molecule has 0 heterocycles. The first-order valence-electron chi connectivity index (χ1n) is 6.82. The molecular weight excluding hydrogens is 256 g/mol. The van der Waals surface area contributed by atoms with E-state index in [1.807, 2.05) is 18.7 Å². The minimum Gasteiger partial charge on any atom is -0.343 e. The van der Waals surface area contributed by atoms with Crippen LogP contribution in [-0.2, 0) is 11.3 Å². The lowest BCUT2D eigenvalue weighted by Crippen LogP contribution is -2.32. The maximum absolute atomic E-state index is 11.8. The summed E-state index contributed by atoms with van der Waals surface area (Å²) in [7, 11) is 0. The van der Waals surface area contributed by atoms with Gasteiger partial charge in [-0.3, -0.25) is 4.79 Å². The van der Waals surface area contributed by atoms with Gasteiger partial charge in [-0.05, 0) is 37.8 Å². The van der Waals surface area contributed by atoms with Crippen LogP contribution in [0.15, 0.2) is 29.2 Å². The molecule has 0 aliphatic heterocycles. The Morgan fingerprint density at radius 3 is 2.37 bits per heavy atom. The molecule has 4 heteroatoms. The van der Waals surface area contributed by atoms with Crippen LogP contribution in [0, 0.1) is 0 Å². The van der Waals surface area contributed by atoms with Crippen LogP contribution < -0.4 is 5.32 Å². The highest BCUT2D eigenvalue weighted by Gasteiger charge is 2.07. The molecule has 1 amide bonds. The van der Waals surface area contributed by atoms with Gasteiger partial charge in [0.05, 0.1) is 0 Å². The zero-order valence-electron chi connectivity index (χ0n) is 12.1. The molecule has 0 bridgehead atoms. The number of rotatable bonds is 8. The van der Waals surface area contributed by atoms with E-state index in [9.17, 15) is 4.79 Å². The molecule has 0 saturated heterocycles. The maximum atomic E-state index is 11.8. The highest BCUT2D eigenvalue weighted by molar-refractivity contribution is 7.98. The Labute approximate surface area is 120 Å². The molecule has 1 aromatic rings. The SMILES string of the molecule is CCN(CC)C(=O)CCNCc1ccc(SC)cc1. The van der Waals surface area contributed by atoms with Gasteiger partial charge >= 0.3 is 0 Å². The molecule has 0 fully saturated rings. The standard InChI is InChI=1S/C15H24N2OS/c1-4-17(5-2)15(18)10-11-16-12-13-6-8-14(19-3)9-7-13/h6-9,16H,4-5,10-12H2,1-3H3. The van der Waals surface area contributed by atoms with Crippen molar-refractivity contribution in [3.05, 3.63) is 29.8 Å². The average molecular weight is 280 g/mol. The van der Waals surface area contributed by atoms with E-state index in [4.69, 9.17) is 0 Å². The first-order valence-corrected chi connectivity index (χ1v) is 8.05. The fraction of sp³-hybridized carbons (Fsp3) is 0.533. The number of amides is 1. The third-order valence-corrected chi connectivity index (χ3v) is 3.86. The normalized spacial score (nSPS) is 10.5. The van der Waals surface area contributed by atoms with Gasteiger partial charge in [0.1, 0.15) is 0 Å². The molecule has 106 valence electrons. The van der Waals surface area contributed by atoms with Crippen molar-refractivity contribution in [3.63, 3.8) is 0 Å². The predicted octanol–water partition coefficient (Wildman–Crippen LogP) is 2.76. The fourth-order valence-electron chi connectivity index (χ4n) is 1.91. The lowest BCUT2D eigenvalue weighted by atomic mass is 10.2. The summed E-state index contributed by atoms with van der Waals surface area (Å²) in [6, 6.07) is 8.52. The summed E-state index contributed by atoms with van der Waals surface area (Å²) in [5, 5.41) is 3.32. The lowest BCUT2D eigenvalue weighted by molar-refractivity contribution is -0.130. The molecule has 0 radical (unpaired) electrons. The molecule has 0 aliphatic rings. The van der Waals surface area contributed by atoms with Crippen LogP contribution >= 0.6 is 11.8 Å². The molecule has 19 heavy (non-hydrogen) atoms. The van der Waals surface area contributed by atoms with Crippen LogP contribution in [0.25, 0.3) is 0 Å². The number of carbonyl (C=O) groups excluding carboxylic acids is 1. The summed E-state index contributed by atoms with van der Waals surface area (Å²) in [6.45, 7) is 7.18. The first kappa shape index (κ1) is 16.1. The minimum atomic E-state index is 0.232. The number of benzene rings is 1. The monoisotopic (exact) mass is 280 g/mol. The van der Waals surface area contributed by atoms with Crippen LogP contribution in [0.2, 0.25) is 0 Å². The summed E-state index contributed by atoms with van der Waals surface area (Å²) in [6.07, 6.45) is 2.65.